The van der Waals surface area contributed by atoms with Gasteiger partial charge in [0.25, 0.3) is 0 Å². The molecule has 1 aromatic heterocycles. The van der Waals surface area contributed by atoms with Crippen LogP contribution in [0.3, 0.4) is 0 Å². The first-order valence-electron chi connectivity index (χ1n) is 4.83. The van der Waals surface area contributed by atoms with Crippen molar-refractivity contribution in [3.63, 3.8) is 0 Å². The molecule has 0 aliphatic carbocycles. The number of nitrogens with zero attached hydrogens (tertiary/aromatic N) is 1. The van der Waals surface area contributed by atoms with Crippen molar-refractivity contribution in [3.05, 3.63) is 28.8 Å². The van der Waals surface area contributed by atoms with E-state index < -0.39 is 0 Å². The lowest BCUT2D eigenvalue weighted by Crippen LogP contribution is -2.12. The van der Waals surface area contributed by atoms with E-state index in [4.69, 9.17) is 0 Å². The molecule has 0 aliphatic heterocycles. The summed E-state index contributed by atoms with van der Waals surface area (Å²) in [5.74, 6) is 0. The largest absolute Gasteiger partial charge is 0.245 e. The molecule has 0 amide bonds. The number of thiazole rings is 1. The highest BCUT2D eigenvalue weighted by Gasteiger charge is 2.17. The highest BCUT2D eigenvalue weighted by atomic mass is 32.1. The van der Waals surface area contributed by atoms with E-state index in [0.29, 0.717) is 0 Å². The molecule has 2 rings (SSSR count). The molecule has 0 bridgehead atoms. The Kier molecular flexibility index (Phi) is 2.11. The molecule has 74 valence electrons. The zero-order valence-electron chi connectivity index (χ0n) is 9.09. The zero-order chi connectivity index (χ0) is 10.3. The summed E-state index contributed by atoms with van der Waals surface area (Å²) in [5.41, 5.74) is 6.08. The van der Waals surface area contributed by atoms with Gasteiger partial charge >= 0.3 is 0 Å². The summed E-state index contributed by atoms with van der Waals surface area (Å²) in [6, 6.07) is 4.33. The minimum atomic E-state index is 0.224. The molecule has 0 fully saturated rings. The molecular formula is C12H15NS. The van der Waals surface area contributed by atoms with Crippen LogP contribution in [0.5, 0.6) is 0 Å². The van der Waals surface area contributed by atoms with E-state index >= 15 is 0 Å². The third-order valence-corrected chi connectivity index (χ3v) is 3.52. The minimum absolute atomic E-state index is 0.224. The number of hydrogen-bond acceptors (Lipinski definition) is 2. The zero-order valence-corrected chi connectivity index (χ0v) is 9.90. The van der Waals surface area contributed by atoms with E-state index in [1.807, 2.05) is 5.51 Å². The lowest BCUT2D eigenvalue weighted by Gasteiger charge is -2.21. The third kappa shape index (κ3) is 1.44. The Morgan fingerprint density at radius 1 is 1.21 bits per heavy atom. The van der Waals surface area contributed by atoms with Crippen LogP contribution in [0.2, 0.25) is 0 Å². The van der Waals surface area contributed by atoms with Crippen LogP contribution in [0.15, 0.2) is 17.6 Å². The van der Waals surface area contributed by atoms with Gasteiger partial charge in [-0.25, -0.2) is 4.98 Å². The molecule has 1 nitrogen and oxygen atoms in total. The second-order valence-corrected chi connectivity index (χ2v) is 5.54. The van der Waals surface area contributed by atoms with Crippen LogP contribution in [-0.4, -0.2) is 4.98 Å². The lowest BCUT2D eigenvalue weighted by atomic mass is 9.84. The first-order chi connectivity index (χ1) is 6.50. The van der Waals surface area contributed by atoms with Gasteiger partial charge in [-0.2, -0.15) is 0 Å². The van der Waals surface area contributed by atoms with Crippen molar-refractivity contribution < 1.29 is 0 Å². The molecule has 0 aliphatic rings. The van der Waals surface area contributed by atoms with E-state index in [1.165, 1.54) is 15.8 Å². The second kappa shape index (κ2) is 3.06. The van der Waals surface area contributed by atoms with Gasteiger partial charge in [0.15, 0.2) is 0 Å². The first-order valence-corrected chi connectivity index (χ1v) is 5.71. The van der Waals surface area contributed by atoms with Gasteiger partial charge in [-0.05, 0) is 29.5 Å². The number of fused-ring (bicyclic) bond motifs is 1. The van der Waals surface area contributed by atoms with E-state index in [2.05, 4.69) is 44.8 Å². The first kappa shape index (κ1) is 9.66. The number of aromatic nitrogens is 1. The van der Waals surface area contributed by atoms with E-state index in [1.54, 1.807) is 11.3 Å². The molecule has 0 spiro atoms. The summed E-state index contributed by atoms with van der Waals surface area (Å²) >= 11 is 1.73. The average molecular weight is 205 g/mol. The standard InChI is InChI=1S/C12H15NS/c1-8-9(12(2,3)4)5-6-10-11(8)14-7-13-10/h5-7H,1-4H3. The van der Waals surface area contributed by atoms with Gasteiger partial charge in [-0.3, -0.25) is 0 Å². The topological polar surface area (TPSA) is 12.9 Å². The van der Waals surface area contributed by atoms with Crippen molar-refractivity contribution in [2.45, 2.75) is 33.1 Å². The Bertz CT molecular complexity index is 463. The maximum absolute atomic E-state index is 4.32. The van der Waals surface area contributed by atoms with Gasteiger partial charge in [0, 0.05) is 0 Å². The van der Waals surface area contributed by atoms with Crippen LogP contribution in [-0.2, 0) is 5.41 Å². The van der Waals surface area contributed by atoms with E-state index in [0.717, 1.165) is 5.52 Å². The maximum Gasteiger partial charge on any atom is 0.0814 e. The number of benzene rings is 1. The quantitative estimate of drug-likeness (QED) is 0.635. The monoisotopic (exact) mass is 205 g/mol. The minimum Gasteiger partial charge on any atom is -0.245 e. The van der Waals surface area contributed by atoms with Crippen molar-refractivity contribution in [1.29, 1.82) is 0 Å². The number of rotatable bonds is 0. The molecule has 0 unspecified atom stereocenters. The fraction of sp³-hybridized carbons (Fsp3) is 0.417. The second-order valence-electron chi connectivity index (χ2n) is 4.69. The molecule has 0 saturated carbocycles. The molecule has 2 aromatic rings. The molecule has 0 radical (unpaired) electrons. The van der Waals surface area contributed by atoms with E-state index in [9.17, 15) is 0 Å². The average Bonchev–Trinajstić information content (AvgIpc) is 2.50. The predicted molar refractivity (Wildman–Crippen MR) is 63.1 cm³/mol. The molecule has 1 heterocycles. The number of hydrogen-bond donors (Lipinski definition) is 0. The maximum atomic E-state index is 4.32. The summed E-state index contributed by atoms with van der Waals surface area (Å²) in [7, 11) is 0. The van der Waals surface area contributed by atoms with Gasteiger partial charge in [0.2, 0.25) is 0 Å². The Balaban J connectivity index is 2.74. The van der Waals surface area contributed by atoms with Crippen LogP contribution in [0.25, 0.3) is 10.2 Å². The predicted octanol–water partition coefficient (Wildman–Crippen LogP) is 3.90. The van der Waals surface area contributed by atoms with Crippen molar-refractivity contribution >= 4 is 21.6 Å². The Morgan fingerprint density at radius 3 is 2.57 bits per heavy atom. The van der Waals surface area contributed by atoms with Crippen molar-refractivity contribution in [1.82, 2.24) is 4.98 Å². The Labute approximate surface area is 88.8 Å². The molecular weight excluding hydrogens is 190 g/mol. The van der Waals surface area contributed by atoms with Gasteiger partial charge in [-0.15, -0.1) is 11.3 Å². The summed E-state index contributed by atoms with van der Waals surface area (Å²) in [5, 5.41) is 0. The molecule has 0 saturated heterocycles. The van der Waals surface area contributed by atoms with E-state index in [-0.39, 0.29) is 5.41 Å². The lowest BCUT2D eigenvalue weighted by molar-refractivity contribution is 0.587. The molecule has 14 heavy (non-hydrogen) atoms. The normalized spacial score (nSPS) is 12.3. The highest BCUT2D eigenvalue weighted by molar-refractivity contribution is 7.16. The summed E-state index contributed by atoms with van der Waals surface area (Å²) < 4.78 is 1.33. The van der Waals surface area contributed by atoms with Crippen LogP contribution < -0.4 is 0 Å². The van der Waals surface area contributed by atoms with Crippen LogP contribution in [0, 0.1) is 6.92 Å². The Hall–Kier alpha value is -0.890. The Morgan fingerprint density at radius 2 is 1.93 bits per heavy atom. The third-order valence-electron chi connectivity index (χ3n) is 2.56. The molecule has 0 atom stereocenters. The molecule has 1 aromatic carbocycles. The van der Waals surface area contributed by atoms with Crippen molar-refractivity contribution in [3.8, 4) is 0 Å². The van der Waals surface area contributed by atoms with Gasteiger partial charge in [-0.1, -0.05) is 26.8 Å². The molecule has 2 heteroatoms. The van der Waals surface area contributed by atoms with Gasteiger partial charge < -0.3 is 0 Å². The van der Waals surface area contributed by atoms with Gasteiger partial charge in [0.05, 0.1) is 15.7 Å². The fourth-order valence-corrected chi connectivity index (χ4v) is 2.68. The van der Waals surface area contributed by atoms with Crippen molar-refractivity contribution in [2.24, 2.45) is 0 Å². The van der Waals surface area contributed by atoms with Crippen LogP contribution in [0.1, 0.15) is 31.9 Å². The van der Waals surface area contributed by atoms with Crippen LogP contribution in [0.4, 0.5) is 0 Å². The van der Waals surface area contributed by atoms with Gasteiger partial charge in [0.1, 0.15) is 0 Å². The highest BCUT2D eigenvalue weighted by Crippen LogP contribution is 2.31. The summed E-state index contributed by atoms with van der Waals surface area (Å²) in [4.78, 5) is 4.32. The SMILES string of the molecule is Cc1c(C(C)(C)C)ccc2ncsc12. The smallest absolute Gasteiger partial charge is 0.0814 e. The molecule has 0 N–H and O–H groups in total. The summed E-state index contributed by atoms with van der Waals surface area (Å²) in [6.07, 6.45) is 0. The van der Waals surface area contributed by atoms with Crippen molar-refractivity contribution in [2.75, 3.05) is 0 Å². The summed E-state index contributed by atoms with van der Waals surface area (Å²) in [6.45, 7) is 8.95. The number of aryl methyl sites for hydroxylation is 1. The van der Waals surface area contributed by atoms with Crippen LogP contribution >= 0.6 is 11.3 Å². The fourth-order valence-electron chi connectivity index (χ4n) is 1.88.